The maximum Gasteiger partial charge on any atom is 0.332 e. The Morgan fingerprint density at radius 1 is 1.35 bits per heavy atom. The largest absolute Gasteiger partial charge is 0.338 e. The van der Waals surface area contributed by atoms with E-state index in [-0.39, 0.29) is 23.7 Å². The van der Waals surface area contributed by atoms with Crippen molar-refractivity contribution in [2.75, 3.05) is 0 Å². The van der Waals surface area contributed by atoms with Gasteiger partial charge >= 0.3 is 5.69 Å². The van der Waals surface area contributed by atoms with Crippen molar-refractivity contribution in [3.63, 3.8) is 0 Å². The molecule has 9 nitrogen and oxygen atoms in total. The summed E-state index contributed by atoms with van der Waals surface area (Å²) >= 11 is 0. The van der Waals surface area contributed by atoms with Gasteiger partial charge in [0.15, 0.2) is 11.2 Å². The summed E-state index contributed by atoms with van der Waals surface area (Å²) in [5.74, 6) is 0.589. The zero-order chi connectivity index (χ0) is 14.4. The molecule has 0 aliphatic carbocycles. The molecular formula is C11H12N6O3. The highest BCUT2D eigenvalue weighted by Gasteiger charge is 2.18. The van der Waals surface area contributed by atoms with Gasteiger partial charge in [-0.3, -0.25) is 18.5 Å². The molecule has 0 fully saturated rings. The van der Waals surface area contributed by atoms with Gasteiger partial charge in [-0.1, -0.05) is 0 Å². The fraction of sp³-hybridized carbons (Fsp3) is 0.364. The minimum Gasteiger partial charge on any atom is -0.338 e. The average molecular weight is 276 g/mol. The van der Waals surface area contributed by atoms with Crippen LogP contribution in [0.25, 0.3) is 17.1 Å². The molecule has 0 saturated heterocycles. The highest BCUT2D eigenvalue weighted by molar-refractivity contribution is 5.71. The number of rotatable bonds is 2. The molecule has 3 aromatic rings. The van der Waals surface area contributed by atoms with Gasteiger partial charge in [0.2, 0.25) is 5.89 Å². The molecule has 20 heavy (non-hydrogen) atoms. The molecule has 0 aliphatic rings. The monoisotopic (exact) mass is 276 g/mol. The van der Waals surface area contributed by atoms with Crippen LogP contribution < -0.4 is 11.2 Å². The lowest BCUT2D eigenvalue weighted by atomic mass is 10.5. The third-order valence-electron chi connectivity index (χ3n) is 3.08. The molecule has 0 aromatic carbocycles. The molecule has 0 N–H and O–H groups in total. The molecule has 0 saturated carbocycles. The SMILES string of the molecule is CCn1c(=O)c2c(ncn2-c2noc(C)n2)n(C)c1=O. The van der Waals surface area contributed by atoms with Crippen LogP contribution in [0.3, 0.4) is 0 Å². The van der Waals surface area contributed by atoms with E-state index in [0.29, 0.717) is 5.89 Å². The van der Waals surface area contributed by atoms with Gasteiger partial charge in [-0.05, 0) is 12.1 Å². The molecule has 0 bridgehead atoms. The maximum atomic E-state index is 12.4. The van der Waals surface area contributed by atoms with Crippen LogP contribution in [-0.4, -0.2) is 28.8 Å². The van der Waals surface area contributed by atoms with Crippen molar-refractivity contribution in [3.05, 3.63) is 33.1 Å². The van der Waals surface area contributed by atoms with Crippen molar-refractivity contribution in [2.24, 2.45) is 7.05 Å². The van der Waals surface area contributed by atoms with Crippen molar-refractivity contribution < 1.29 is 4.52 Å². The zero-order valence-electron chi connectivity index (χ0n) is 11.2. The summed E-state index contributed by atoms with van der Waals surface area (Å²) in [6.45, 7) is 3.65. The van der Waals surface area contributed by atoms with E-state index >= 15 is 0 Å². The predicted octanol–water partition coefficient (Wildman–Crippen LogP) is -0.403. The fourth-order valence-corrected chi connectivity index (χ4v) is 2.09. The van der Waals surface area contributed by atoms with Crippen molar-refractivity contribution in [2.45, 2.75) is 20.4 Å². The Morgan fingerprint density at radius 2 is 2.10 bits per heavy atom. The summed E-state index contributed by atoms with van der Waals surface area (Å²) in [5.41, 5.74) is -0.299. The van der Waals surface area contributed by atoms with Crippen LogP contribution in [0.1, 0.15) is 12.8 Å². The van der Waals surface area contributed by atoms with Crippen LogP contribution in [-0.2, 0) is 13.6 Å². The van der Waals surface area contributed by atoms with Crippen molar-refractivity contribution in [1.29, 1.82) is 0 Å². The van der Waals surface area contributed by atoms with Gasteiger partial charge in [-0.25, -0.2) is 9.78 Å². The van der Waals surface area contributed by atoms with Crippen molar-refractivity contribution >= 4 is 11.2 Å². The van der Waals surface area contributed by atoms with Gasteiger partial charge < -0.3 is 4.52 Å². The predicted molar refractivity (Wildman–Crippen MR) is 68.8 cm³/mol. The Labute approximate surface area is 112 Å². The highest BCUT2D eigenvalue weighted by Crippen LogP contribution is 2.11. The van der Waals surface area contributed by atoms with Crippen LogP contribution in [0.5, 0.6) is 0 Å². The number of nitrogens with zero attached hydrogens (tertiary/aromatic N) is 6. The Balaban J connectivity index is 2.46. The second-order valence-electron chi connectivity index (χ2n) is 4.29. The molecule has 0 amide bonds. The minimum atomic E-state index is -0.425. The van der Waals surface area contributed by atoms with Crippen molar-refractivity contribution in [3.8, 4) is 5.95 Å². The lowest BCUT2D eigenvalue weighted by Gasteiger charge is -2.05. The van der Waals surface area contributed by atoms with Gasteiger partial charge in [0.05, 0.1) is 0 Å². The van der Waals surface area contributed by atoms with Gasteiger partial charge in [0.1, 0.15) is 6.33 Å². The van der Waals surface area contributed by atoms with E-state index in [2.05, 4.69) is 15.1 Å². The number of hydrogen-bond donors (Lipinski definition) is 0. The summed E-state index contributed by atoms with van der Waals surface area (Å²) < 4.78 is 8.77. The van der Waals surface area contributed by atoms with Crippen LogP contribution in [0, 0.1) is 6.92 Å². The number of aryl methyl sites for hydroxylation is 2. The Hall–Kier alpha value is -2.71. The second-order valence-corrected chi connectivity index (χ2v) is 4.29. The van der Waals surface area contributed by atoms with Crippen LogP contribution in [0.2, 0.25) is 0 Å². The maximum absolute atomic E-state index is 12.4. The lowest BCUT2D eigenvalue weighted by molar-refractivity contribution is 0.391. The first-order valence-electron chi connectivity index (χ1n) is 6.02. The zero-order valence-corrected chi connectivity index (χ0v) is 11.2. The molecule has 0 aliphatic heterocycles. The van der Waals surface area contributed by atoms with Gasteiger partial charge in [0, 0.05) is 20.5 Å². The summed E-state index contributed by atoms with van der Waals surface area (Å²) in [7, 11) is 1.56. The highest BCUT2D eigenvalue weighted by atomic mass is 16.5. The first kappa shape index (κ1) is 12.3. The lowest BCUT2D eigenvalue weighted by Crippen LogP contribution is -2.39. The van der Waals surface area contributed by atoms with E-state index in [0.717, 1.165) is 4.57 Å². The van der Waals surface area contributed by atoms with E-state index in [4.69, 9.17) is 4.52 Å². The number of fused-ring (bicyclic) bond motifs is 1. The molecule has 0 radical (unpaired) electrons. The molecule has 0 atom stereocenters. The van der Waals surface area contributed by atoms with Gasteiger partial charge in [-0.2, -0.15) is 4.98 Å². The average Bonchev–Trinajstić information content (AvgIpc) is 3.02. The van der Waals surface area contributed by atoms with E-state index in [1.165, 1.54) is 15.5 Å². The molecule has 3 heterocycles. The van der Waals surface area contributed by atoms with Crippen molar-refractivity contribution in [1.82, 2.24) is 28.8 Å². The Morgan fingerprint density at radius 3 is 2.70 bits per heavy atom. The molecule has 104 valence electrons. The molecule has 3 rings (SSSR count). The van der Waals surface area contributed by atoms with E-state index < -0.39 is 11.2 Å². The topological polar surface area (TPSA) is 101 Å². The summed E-state index contributed by atoms with van der Waals surface area (Å²) in [4.78, 5) is 32.6. The number of aromatic nitrogens is 6. The standard InChI is InChI=1S/C11H12N6O3/c1-4-16-9(18)7-8(15(3)11(16)19)12-5-17(7)10-13-6(2)20-14-10/h5H,4H2,1-3H3. The van der Waals surface area contributed by atoms with Gasteiger partial charge in [-0.15, -0.1) is 0 Å². The first-order chi connectivity index (χ1) is 9.54. The van der Waals surface area contributed by atoms with E-state index in [1.54, 1.807) is 20.9 Å². The first-order valence-corrected chi connectivity index (χ1v) is 6.02. The van der Waals surface area contributed by atoms with Crippen LogP contribution in [0.15, 0.2) is 20.4 Å². The Kier molecular flexibility index (Phi) is 2.56. The molecule has 9 heteroatoms. The Bertz CT molecular complexity index is 913. The molecular weight excluding hydrogens is 264 g/mol. The summed E-state index contributed by atoms with van der Waals surface area (Å²) in [6, 6.07) is 0. The number of hydrogen-bond acceptors (Lipinski definition) is 6. The smallest absolute Gasteiger partial charge is 0.332 e. The molecule has 0 spiro atoms. The van der Waals surface area contributed by atoms with Gasteiger partial charge in [0.25, 0.3) is 11.5 Å². The van der Waals surface area contributed by atoms with E-state index in [9.17, 15) is 9.59 Å². The summed E-state index contributed by atoms with van der Waals surface area (Å²) in [6.07, 6.45) is 1.40. The third-order valence-corrected chi connectivity index (χ3v) is 3.08. The van der Waals surface area contributed by atoms with Crippen LogP contribution >= 0.6 is 0 Å². The fourth-order valence-electron chi connectivity index (χ4n) is 2.09. The molecule has 0 unspecified atom stereocenters. The third kappa shape index (κ3) is 1.52. The molecule has 3 aromatic heterocycles. The minimum absolute atomic E-state index is 0.211. The van der Waals surface area contributed by atoms with Crippen LogP contribution in [0.4, 0.5) is 0 Å². The number of imidazole rings is 1. The van der Waals surface area contributed by atoms with E-state index in [1.807, 2.05) is 0 Å². The second kappa shape index (κ2) is 4.15. The quantitative estimate of drug-likeness (QED) is 0.631. The summed E-state index contributed by atoms with van der Waals surface area (Å²) in [5, 5.41) is 3.76. The normalized spacial score (nSPS) is 11.3.